The molecule has 0 amide bonds. The molecule has 20 heavy (non-hydrogen) atoms. The lowest BCUT2D eigenvalue weighted by molar-refractivity contribution is -0.0120. The number of methoxy groups -OCH3 is 1. The number of hydrogen-bond acceptors (Lipinski definition) is 5. The summed E-state index contributed by atoms with van der Waals surface area (Å²) in [7, 11) is -2.31. The highest BCUT2D eigenvalue weighted by Gasteiger charge is 2.36. The number of nitrogen functional groups attached to an aromatic ring is 1. The fourth-order valence-corrected chi connectivity index (χ4v) is 3.25. The molecule has 1 aliphatic heterocycles. The van der Waals surface area contributed by atoms with Crippen molar-refractivity contribution in [1.29, 1.82) is 0 Å². The molecule has 1 fully saturated rings. The monoisotopic (exact) mass is 304 g/mol. The van der Waals surface area contributed by atoms with E-state index < -0.39 is 21.4 Å². The van der Waals surface area contributed by atoms with Crippen LogP contribution < -0.4 is 10.5 Å². The molecule has 112 valence electrons. The van der Waals surface area contributed by atoms with Crippen molar-refractivity contribution in [3.8, 4) is 0 Å². The topological polar surface area (TPSA) is 90.7 Å². The summed E-state index contributed by atoms with van der Waals surface area (Å²) in [5, 5.41) is 0. The van der Waals surface area contributed by atoms with Crippen LogP contribution in [0.2, 0.25) is 0 Å². The number of hydrogen-bond donors (Lipinski definition) is 2. The zero-order chi connectivity index (χ0) is 14.8. The third kappa shape index (κ3) is 3.09. The summed E-state index contributed by atoms with van der Waals surface area (Å²) in [6.45, 7) is 0.918. The first-order valence-electron chi connectivity index (χ1n) is 6.06. The number of nitrogens with two attached hydrogens (primary N) is 1. The van der Waals surface area contributed by atoms with Gasteiger partial charge in [0.2, 0.25) is 10.0 Å². The average Bonchev–Trinajstić information content (AvgIpc) is 2.85. The summed E-state index contributed by atoms with van der Waals surface area (Å²) in [6, 6.07) is 3.16. The first kappa shape index (κ1) is 15.2. The molecule has 0 aromatic heterocycles. The van der Waals surface area contributed by atoms with E-state index in [1.165, 1.54) is 7.11 Å². The zero-order valence-electron chi connectivity index (χ0n) is 11.1. The van der Waals surface area contributed by atoms with Crippen LogP contribution in [-0.2, 0) is 19.5 Å². The highest BCUT2D eigenvalue weighted by molar-refractivity contribution is 7.89. The van der Waals surface area contributed by atoms with Gasteiger partial charge in [-0.1, -0.05) is 0 Å². The molecule has 1 unspecified atom stereocenters. The second-order valence-electron chi connectivity index (χ2n) is 4.70. The van der Waals surface area contributed by atoms with Crippen LogP contribution in [0.1, 0.15) is 6.42 Å². The van der Waals surface area contributed by atoms with E-state index in [9.17, 15) is 12.8 Å². The van der Waals surface area contributed by atoms with Crippen molar-refractivity contribution in [3.63, 3.8) is 0 Å². The standard InChI is InChI=1S/C12H17FN2O4S/c1-18-12(4-5-19-8-12)7-15-20(16,17)11-3-2-9(13)6-10(11)14/h2-3,6,15H,4-5,7-8,14H2,1H3. The van der Waals surface area contributed by atoms with Gasteiger partial charge in [-0.25, -0.2) is 17.5 Å². The van der Waals surface area contributed by atoms with Gasteiger partial charge in [0.25, 0.3) is 0 Å². The van der Waals surface area contributed by atoms with Gasteiger partial charge in [0.1, 0.15) is 16.3 Å². The summed E-state index contributed by atoms with van der Waals surface area (Å²) >= 11 is 0. The van der Waals surface area contributed by atoms with Crippen molar-refractivity contribution in [3.05, 3.63) is 24.0 Å². The molecule has 0 bridgehead atoms. The lowest BCUT2D eigenvalue weighted by Gasteiger charge is -2.25. The summed E-state index contributed by atoms with van der Waals surface area (Å²) in [6.07, 6.45) is 0.602. The van der Waals surface area contributed by atoms with Gasteiger partial charge in [-0.05, 0) is 18.2 Å². The van der Waals surface area contributed by atoms with E-state index in [1.807, 2.05) is 0 Å². The van der Waals surface area contributed by atoms with Gasteiger partial charge in [0.15, 0.2) is 0 Å². The second kappa shape index (κ2) is 5.65. The molecular formula is C12H17FN2O4S. The molecule has 1 aliphatic rings. The SMILES string of the molecule is COC1(CNS(=O)(=O)c2ccc(F)cc2N)CCOC1. The third-order valence-electron chi connectivity index (χ3n) is 3.35. The quantitative estimate of drug-likeness (QED) is 0.773. The molecule has 2 rings (SSSR count). The maximum atomic E-state index is 13.0. The van der Waals surface area contributed by atoms with E-state index in [-0.39, 0.29) is 17.1 Å². The summed E-state index contributed by atoms with van der Waals surface area (Å²) < 4.78 is 50.3. The van der Waals surface area contributed by atoms with Crippen molar-refractivity contribution < 1.29 is 22.3 Å². The molecule has 8 heteroatoms. The number of nitrogens with one attached hydrogen (secondary N) is 1. The van der Waals surface area contributed by atoms with Gasteiger partial charge in [0, 0.05) is 26.7 Å². The van der Waals surface area contributed by atoms with E-state index in [2.05, 4.69) is 4.72 Å². The Bertz CT molecular complexity index is 585. The van der Waals surface area contributed by atoms with E-state index in [4.69, 9.17) is 15.2 Å². The predicted molar refractivity (Wildman–Crippen MR) is 71.2 cm³/mol. The molecular weight excluding hydrogens is 287 g/mol. The Morgan fingerprint density at radius 3 is 2.85 bits per heavy atom. The fraction of sp³-hybridized carbons (Fsp3) is 0.500. The largest absolute Gasteiger partial charge is 0.398 e. The molecule has 0 spiro atoms. The Hall–Kier alpha value is -1.22. The van der Waals surface area contributed by atoms with Gasteiger partial charge in [0.05, 0.1) is 12.3 Å². The molecule has 1 atom stereocenters. The Labute approximate surface area is 117 Å². The third-order valence-corrected chi connectivity index (χ3v) is 4.82. The Morgan fingerprint density at radius 2 is 2.30 bits per heavy atom. The molecule has 1 heterocycles. The number of benzene rings is 1. The molecule has 1 aromatic rings. The molecule has 1 aromatic carbocycles. The highest BCUT2D eigenvalue weighted by atomic mass is 32.2. The van der Waals surface area contributed by atoms with Crippen LogP contribution in [0, 0.1) is 5.82 Å². The van der Waals surface area contributed by atoms with Crippen LogP contribution in [-0.4, -0.2) is 40.9 Å². The Balaban J connectivity index is 2.15. The lowest BCUT2D eigenvalue weighted by Crippen LogP contribution is -2.45. The lowest BCUT2D eigenvalue weighted by atomic mass is 10.0. The predicted octanol–water partition coefficient (Wildman–Crippen LogP) is 0.492. The second-order valence-corrected chi connectivity index (χ2v) is 6.43. The zero-order valence-corrected chi connectivity index (χ0v) is 11.9. The fourth-order valence-electron chi connectivity index (χ4n) is 2.03. The van der Waals surface area contributed by atoms with Gasteiger partial charge in [-0.2, -0.15) is 0 Å². The minimum absolute atomic E-state index is 0.0721. The molecule has 0 radical (unpaired) electrons. The normalized spacial score (nSPS) is 23.1. The maximum absolute atomic E-state index is 13.0. The van der Waals surface area contributed by atoms with Crippen LogP contribution in [0.4, 0.5) is 10.1 Å². The van der Waals surface area contributed by atoms with Crippen molar-refractivity contribution >= 4 is 15.7 Å². The molecule has 3 N–H and O–H groups in total. The Morgan fingerprint density at radius 1 is 1.55 bits per heavy atom. The minimum atomic E-state index is -3.82. The summed E-state index contributed by atoms with van der Waals surface area (Å²) in [5.74, 6) is -0.584. The van der Waals surface area contributed by atoms with Crippen molar-refractivity contribution in [1.82, 2.24) is 4.72 Å². The van der Waals surface area contributed by atoms with E-state index in [0.717, 1.165) is 18.2 Å². The minimum Gasteiger partial charge on any atom is -0.398 e. The summed E-state index contributed by atoms with van der Waals surface area (Å²) in [5.41, 5.74) is 4.74. The number of anilines is 1. The molecule has 0 aliphatic carbocycles. The number of sulfonamides is 1. The van der Waals surface area contributed by atoms with Crippen LogP contribution in [0.25, 0.3) is 0 Å². The van der Waals surface area contributed by atoms with Crippen LogP contribution in [0.3, 0.4) is 0 Å². The molecule has 6 nitrogen and oxygen atoms in total. The van der Waals surface area contributed by atoms with Crippen molar-refractivity contribution in [2.24, 2.45) is 0 Å². The smallest absolute Gasteiger partial charge is 0.242 e. The maximum Gasteiger partial charge on any atom is 0.242 e. The van der Waals surface area contributed by atoms with E-state index in [0.29, 0.717) is 19.6 Å². The van der Waals surface area contributed by atoms with Gasteiger partial charge in [-0.3, -0.25) is 0 Å². The first-order chi connectivity index (χ1) is 9.38. The Kier molecular flexibility index (Phi) is 4.28. The number of rotatable bonds is 5. The van der Waals surface area contributed by atoms with Crippen LogP contribution in [0.15, 0.2) is 23.1 Å². The van der Waals surface area contributed by atoms with Crippen molar-refractivity contribution in [2.45, 2.75) is 16.9 Å². The number of halogens is 1. The van der Waals surface area contributed by atoms with Gasteiger partial charge >= 0.3 is 0 Å². The average molecular weight is 304 g/mol. The first-order valence-corrected chi connectivity index (χ1v) is 7.54. The molecule has 0 saturated carbocycles. The summed E-state index contributed by atoms with van der Waals surface area (Å²) in [4.78, 5) is -0.149. The highest BCUT2D eigenvalue weighted by Crippen LogP contribution is 2.24. The van der Waals surface area contributed by atoms with Crippen LogP contribution in [0.5, 0.6) is 0 Å². The van der Waals surface area contributed by atoms with Crippen LogP contribution >= 0.6 is 0 Å². The van der Waals surface area contributed by atoms with Gasteiger partial charge in [-0.15, -0.1) is 0 Å². The van der Waals surface area contributed by atoms with Crippen molar-refractivity contribution in [2.75, 3.05) is 32.6 Å². The van der Waals surface area contributed by atoms with E-state index in [1.54, 1.807) is 0 Å². The van der Waals surface area contributed by atoms with E-state index >= 15 is 0 Å². The van der Waals surface area contributed by atoms with Gasteiger partial charge < -0.3 is 15.2 Å². The molecule has 1 saturated heterocycles. The number of ether oxygens (including phenoxy) is 2.